The van der Waals surface area contributed by atoms with E-state index in [1.54, 1.807) is 0 Å². The van der Waals surface area contributed by atoms with Crippen LogP contribution < -0.4 is 4.72 Å². The van der Waals surface area contributed by atoms with Gasteiger partial charge in [-0.3, -0.25) is 4.79 Å². The number of fused-ring (bicyclic) bond motifs is 1. The van der Waals surface area contributed by atoms with Crippen LogP contribution in [0.1, 0.15) is 17.3 Å². The molecule has 7 nitrogen and oxygen atoms in total. The smallest absolute Gasteiger partial charge is 0.240 e. The summed E-state index contributed by atoms with van der Waals surface area (Å²) in [5, 5.41) is 19.7. The highest BCUT2D eigenvalue weighted by molar-refractivity contribution is 7.89. The predicted molar refractivity (Wildman–Crippen MR) is 71.3 cm³/mol. The van der Waals surface area contributed by atoms with Crippen LogP contribution in [0, 0.1) is 0 Å². The second-order valence-electron chi connectivity index (χ2n) is 4.10. The van der Waals surface area contributed by atoms with Crippen LogP contribution in [-0.2, 0) is 10.0 Å². The Balaban J connectivity index is 2.84. The molecule has 1 aromatic carbocycles. The maximum absolute atomic E-state index is 11.7. The summed E-state index contributed by atoms with van der Waals surface area (Å²) in [6, 6.07) is 3.81. The van der Waals surface area contributed by atoms with Gasteiger partial charge in [0.25, 0.3) is 0 Å². The molecule has 0 bridgehead atoms. The molecule has 0 atom stereocenters. The molecule has 1 aromatic heterocycles. The highest BCUT2D eigenvalue weighted by Crippen LogP contribution is 2.34. The summed E-state index contributed by atoms with van der Waals surface area (Å²) < 4.78 is 25.6. The largest absolute Gasteiger partial charge is 0.506 e. The van der Waals surface area contributed by atoms with Gasteiger partial charge in [-0.25, -0.2) is 18.1 Å². The molecule has 0 aliphatic rings. The van der Waals surface area contributed by atoms with E-state index in [2.05, 4.69) is 9.71 Å². The summed E-state index contributed by atoms with van der Waals surface area (Å²) in [6.45, 7) is 1.16. The van der Waals surface area contributed by atoms with E-state index in [4.69, 9.17) is 0 Å². The van der Waals surface area contributed by atoms with E-state index in [0.717, 1.165) is 6.92 Å². The third-order valence-corrected chi connectivity index (χ3v) is 4.25. The fourth-order valence-electron chi connectivity index (χ4n) is 1.82. The van der Waals surface area contributed by atoms with Crippen LogP contribution in [0.3, 0.4) is 0 Å². The molecular formula is C12H12N2O5S. The lowest BCUT2D eigenvalue weighted by molar-refractivity contribution is 0.101. The molecule has 2 aromatic rings. The molecule has 0 aliphatic heterocycles. The van der Waals surface area contributed by atoms with Gasteiger partial charge in [0.1, 0.15) is 11.3 Å². The first-order chi connectivity index (χ1) is 9.27. The SMILES string of the molecule is CNS(=O)(=O)c1ccc2nc(O)c(C(C)=O)c(O)c2c1. The fourth-order valence-corrected chi connectivity index (χ4v) is 2.58. The van der Waals surface area contributed by atoms with E-state index in [1.807, 2.05) is 0 Å². The van der Waals surface area contributed by atoms with Gasteiger partial charge in [-0.2, -0.15) is 0 Å². The molecule has 8 heteroatoms. The minimum absolute atomic E-state index is 0.0734. The summed E-state index contributed by atoms with van der Waals surface area (Å²) in [4.78, 5) is 15.1. The number of rotatable bonds is 3. The number of aromatic nitrogens is 1. The third-order valence-electron chi connectivity index (χ3n) is 2.84. The Kier molecular flexibility index (Phi) is 3.36. The number of benzene rings is 1. The van der Waals surface area contributed by atoms with Crippen LogP contribution in [0.2, 0.25) is 0 Å². The molecule has 20 heavy (non-hydrogen) atoms. The van der Waals surface area contributed by atoms with Gasteiger partial charge in [0.05, 0.1) is 10.4 Å². The highest BCUT2D eigenvalue weighted by atomic mass is 32.2. The van der Waals surface area contributed by atoms with Crippen molar-refractivity contribution in [1.29, 1.82) is 0 Å². The first kappa shape index (κ1) is 14.2. The first-order valence-electron chi connectivity index (χ1n) is 5.58. The lowest BCUT2D eigenvalue weighted by Crippen LogP contribution is -2.18. The van der Waals surface area contributed by atoms with Crippen molar-refractivity contribution >= 4 is 26.7 Å². The number of sulfonamides is 1. The fraction of sp³-hybridized carbons (Fsp3) is 0.167. The number of Topliss-reactive ketones (excluding diaryl/α,β-unsaturated/α-hetero) is 1. The molecule has 0 aliphatic carbocycles. The predicted octanol–water partition coefficient (Wildman–Crippen LogP) is 0.757. The molecule has 0 saturated heterocycles. The minimum atomic E-state index is -3.69. The molecule has 0 fully saturated rings. The molecule has 3 N–H and O–H groups in total. The number of hydrogen-bond acceptors (Lipinski definition) is 6. The second kappa shape index (κ2) is 4.73. The Morgan fingerprint density at radius 1 is 1.30 bits per heavy atom. The van der Waals surface area contributed by atoms with Gasteiger partial charge < -0.3 is 10.2 Å². The van der Waals surface area contributed by atoms with Gasteiger partial charge >= 0.3 is 0 Å². The van der Waals surface area contributed by atoms with Crippen molar-refractivity contribution in [2.45, 2.75) is 11.8 Å². The van der Waals surface area contributed by atoms with Crippen molar-refractivity contribution in [2.24, 2.45) is 0 Å². The van der Waals surface area contributed by atoms with Gasteiger partial charge in [-0.1, -0.05) is 0 Å². The number of aromatic hydroxyl groups is 2. The average Bonchev–Trinajstić information content (AvgIpc) is 2.37. The van der Waals surface area contributed by atoms with Crippen molar-refractivity contribution in [3.8, 4) is 11.6 Å². The second-order valence-corrected chi connectivity index (χ2v) is 5.99. The van der Waals surface area contributed by atoms with Crippen LogP contribution in [0.5, 0.6) is 11.6 Å². The number of pyridine rings is 1. The number of ketones is 1. The zero-order valence-electron chi connectivity index (χ0n) is 10.7. The molecule has 2 rings (SSSR count). The maximum atomic E-state index is 11.7. The summed E-state index contributed by atoms with van der Waals surface area (Å²) in [7, 11) is -2.43. The monoisotopic (exact) mass is 296 g/mol. The topological polar surface area (TPSA) is 117 Å². The van der Waals surface area contributed by atoms with Crippen LogP contribution in [-0.4, -0.2) is 36.4 Å². The molecule has 106 valence electrons. The summed E-state index contributed by atoms with van der Waals surface area (Å²) in [6.07, 6.45) is 0. The highest BCUT2D eigenvalue weighted by Gasteiger charge is 2.20. The zero-order valence-corrected chi connectivity index (χ0v) is 11.5. The maximum Gasteiger partial charge on any atom is 0.240 e. The molecule has 0 amide bonds. The van der Waals surface area contributed by atoms with Crippen molar-refractivity contribution < 1.29 is 23.4 Å². The molecule has 0 spiro atoms. The number of nitrogens with zero attached hydrogens (tertiary/aromatic N) is 1. The van der Waals surface area contributed by atoms with E-state index in [1.165, 1.54) is 25.2 Å². The lowest BCUT2D eigenvalue weighted by Gasteiger charge is -2.09. The Morgan fingerprint density at radius 3 is 2.50 bits per heavy atom. The van der Waals surface area contributed by atoms with Gasteiger partial charge in [0.15, 0.2) is 5.78 Å². The van der Waals surface area contributed by atoms with Gasteiger partial charge in [-0.05, 0) is 32.2 Å². The van der Waals surface area contributed by atoms with Crippen molar-refractivity contribution in [2.75, 3.05) is 7.05 Å². The first-order valence-corrected chi connectivity index (χ1v) is 7.06. The van der Waals surface area contributed by atoms with Crippen LogP contribution >= 0.6 is 0 Å². The van der Waals surface area contributed by atoms with Crippen LogP contribution in [0.4, 0.5) is 0 Å². The van der Waals surface area contributed by atoms with Crippen molar-refractivity contribution in [3.63, 3.8) is 0 Å². The van der Waals surface area contributed by atoms with E-state index >= 15 is 0 Å². The molecule has 0 unspecified atom stereocenters. The van der Waals surface area contributed by atoms with Crippen LogP contribution in [0.15, 0.2) is 23.1 Å². The summed E-state index contributed by atoms with van der Waals surface area (Å²) >= 11 is 0. The Morgan fingerprint density at radius 2 is 1.95 bits per heavy atom. The number of nitrogens with one attached hydrogen (secondary N) is 1. The van der Waals surface area contributed by atoms with E-state index in [0.29, 0.717) is 0 Å². The third kappa shape index (κ3) is 2.19. The number of carbonyl (C=O) groups is 1. The van der Waals surface area contributed by atoms with Gasteiger partial charge in [0.2, 0.25) is 15.9 Å². The normalized spacial score (nSPS) is 11.7. The molecule has 0 saturated carbocycles. The Hall–Kier alpha value is -2.19. The summed E-state index contributed by atoms with van der Waals surface area (Å²) in [5.41, 5.74) is -0.156. The standard InChI is InChI=1S/C12H12N2O5S/c1-6(15)10-11(16)8-5-7(20(18,19)13-2)3-4-9(8)14-12(10)17/h3-5,13H,1-2H3,(H2,14,16,17). The van der Waals surface area contributed by atoms with Crippen molar-refractivity contribution in [1.82, 2.24) is 9.71 Å². The zero-order chi connectivity index (χ0) is 15.1. The Labute approximate surface area is 114 Å². The molecule has 0 radical (unpaired) electrons. The Bertz CT molecular complexity index is 814. The van der Waals surface area contributed by atoms with Gasteiger partial charge in [0, 0.05) is 5.39 Å². The molecule has 1 heterocycles. The average molecular weight is 296 g/mol. The lowest BCUT2D eigenvalue weighted by atomic mass is 10.1. The van der Waals surface area contributed by atoms with E-state index < -0.39 is 27.4 Å². The van der Waals surface area contributed by atoms with Gasteiger partial charge in [-0.15, -0.1) is 0 Å². The van der Waals surface area contributed by atoms with Crippen LogP contribution in [0.25, 0.3) is 10.9 Å². The van der Waals surface area contributed by atoms with E-state index in [9.17, 15) is 23.4 Å². The molecular weight excluding hydrogens is 284 g/mol. The minimum Gasteiger partial charge on any atom is -0.506 e. The summed E-state index contributed by atoms with van der Waals surface area (Å²) in [5.74, 6) is -1.66. The number of hydrogen-bond donors (Lipinski definition) is 3. The van der Waals surface area contributed by atoms with E-state index in [-0.39, 0.29) is 21.4 Å². The quantitative estimate of drug-likeness (QED) is 0.720. The number of carbonyl (C=O) groups excluding carboxylic acids is 1. The van der Waals surface area contributed by atoms with Crippen molar-refractivity contribution in [3.05, 3.63) is 23.8 Å².